The Kier molecular flexibility index (Phi) is 7.15. The number of piperidine rings is 1. The van der Waals surface area contributed by atoms with Gasteiger partial charge in [-0.15, -0.1) is 0 Å². The molecule has 1 aliphatic rings. The van der Waals surface area contributed by atoms with Crippen LogP contribution in [0.15, 0.2) is 42.5 Å². The van der Waals surface area contributed by atoms with Gasteiger partial charge in [-0.2, -0.15) is 0 Å². The molecule has 1 amide bonds. The first-order valence-electron chi connectivity index (χ1n) is 10.3. The predicted octanol–water partition coefficient (Wildman–Crippen LogP) is 4.21. The predicted molar refractivity (Wildman–Crippen MR) is 115 cm³/mol. The van der Waals surface area contributed by atoms with E-state index in [1.165, 1.54) is 18.4 Å². The molecule has 1 saturated heterocycles. The van der Waals surface area contributed by atoms with Crippen molar-refractivity contribution in [3.8, 4) is 11.5 Å². The molecule has 0 spiro atoms. The van der Waals surface area contributed by atoms with Crippen molar-refractivity contribution < 1.29 is 14.3 Å². The van der Waals surface area contributed by atoms with Gasteiger partial charge in [0.15, 0.2) is 11.5 Å². The fourth-order valence-electron chi connectivity index (χ4n) is 3.78. The first-order chi connectivity index (χ1) is 14.0. The molecule has 2 aromatic rings. The van der Waals surface area contributed by atoms with Crippen molar-refractivity contribution in [2.45, 2.75) is 32.9 Å². The Bertz CT molecular complexity index is 811. The number of methoxy groups -OCH3 is 2. The van der Waals surface area contributed by atoms with Gasteiger partial charge in [0.25, 0.3) is 5.91 Å². The molecule has 0 atom stereocenters. The van der Waals surface area contributed by atoms with Gasteiger partial charge in [0.2, 0.25) is 0 Å². The van der Waals surface area contributed by atoms with Crippen molar-refractivity contribution in [2.24, 2.45) is 5.92 Å². The molecule has 5 nitrogen and oxygen atoms in total. The van der Waals surface area contributed by atoms with Gasteiger partial charge in [-0.1, -0.05) is 25.1 Å². The van der Waals surface area contributed by atoms with Crippen LogP contribution in [0.3, 0.4) is 0 Å². The smallest absolute Gasteiger partial charge is 0.253 e. The van der Waals surface area contributed by atoms with Crippen molar-refractivity contribution in [2.75, 3.05) is 34.4 Å². The van der Waals surface area contributed by atoms with E-state index in [1.807, 2.05) is 37.4 Å². The summed E-state index contributed by atoms with van der Waals surface area (Å²) in [7, 11) is 5.05. The van der Waals surface area contributed by atoms with Crippen LogP contribution >= 0.6 is 0 Å². The van der Waals surface area contributed by atoms with Gasteiger partial charge in [-0.25, -0.2) is 0 Å². The second-order valence-electron chi connectivity index (χ2n) is 8.01. The van der Waals surface area contributed by atoms with E-state index >= 15 is 0 Å². The molecular formula is C24H32N2O3. The monoisotopic (exact) mass is 396 g/mol. The number of ether oxygens (including phenoxy) is 2. The van der Waals surface area contributed by atoms with Crippen LogP contribution in [0.5, 0.6) is 11.5 Å². The molecule has 5 heteroatoms. The zero-order chi connectivity index (χ0) is 20.8. The van der Waals surface area contributed by atoms with Crippen LogP contribution in [0, 0.1) is 5.92 Å². The van der Waals surface area contributed by atoms with Gasteiger partial charge in [-0.3, -0.25) is 9.69 Å². The maximum Gasteiger partial charge on any atom is 0.253 e. The molecule has 1 aliphatic heterocycles. The van der Waals surface area contributed by atoms with Crippen LogP contribution in [-0.2, 0) is 13.1 Å². The largest absolute Gasteiger partial charge is 0.493 e. The molecule has 2 aromatic carbocycles. The quantitative estimate of drug-likeness (QED) is 0.703. The van der Waals surface area contributed by atoms with E-state index < -0.39 is 0 Å². The van der Waals surface area contributed by atoms with Gasteiger partial charge in [-0.05, 0) is 67.2 Å². The third-order valence-electron chi connectivity index (χ3n) is 5.70. The Hall–Kier alpha value is -2.53. The maximum atomic E-state index is 12.8. The maximum absolute atomic E-state index is 12.8. The molecule has 156 valence electrons. The second kappa shape index (κ2) is 9.79. The topological polar surface area (TPSA) is 42.0 Å². The minimum absolute atomic E-state index is 0.0122. The lowest BCUT2D eigenvalue weighted by molar-refractivity contribution is 0.0785. The highest BCUT2D eigenvalue weighted by Crippen LogP contribution is 2.28. The number of nitrogens with zero attached hydrogens (tertiary/aromatic N) is 2. The van der Waals surface area contributed by atoms with Crippen molar-refractivity contribution in [1.82, 2.24) is 9.80 Å². The number of benzene rings is 2. The lowest BCUT2D eigenvalue weighted by Gasteiger charge is -2.30. The number of likely N-dealkylation sites (tertiary alicyclic amines) is 1. The molecule has 1 fully saturated rings. The van der Waals surface area contributed by atoms with Crippen LogP contribution in [-0.4, -0.2) is 50.1 Å². The highest BCUT2D eigenvalue weighted by atomic mass is 16.5. The first-order valence-corrected chi connectivity index (χ1v) is 10.3. The van der Waals surface area contributed by atoms with E-state index in [-0.39, 0.29) is 5.91 Å². The summed E-state index contributed by atoms with van der Waals surface area (Å²) in [5.74, 6) is 2.21. The van der Waals surface area contributed by atoms with E-state index in [0.717, 1.165) is 31.1 Å². The minimum atomic E-state index is 0.0122. The summed E-state index contributed by atoms with van der Waals surface area (Å²) < 4.78 is 10.6. The van der Waals surface area contributed by atoms with E-state index in [2.05, 4.69) is 24.0 Å². The van der Waals surface area contributed by atoms with Gasteiger partial charge in [0.05, 0.1) is 14.2 Å². The van der Waals surface area contributed by atoms with Gasteiger partial charge < -0.3 is 14.4 Å². The standard InChI is InChI=1S/C24H32N2O3/c1-18-11-13-26(14-12-18)17-19-5-8-21(9-6-19)24(27)25(2)16-20-7-10-22(28-3)23(15-20)29-4/h5-10,15,18H,11-14,16-17H2,1-4H3. The summed E-state index contributed by atoms with van der Waals surface area (Å²) in [6.07, 6.45) is 2.55. The summed E-state index contributed by atoms with van der Waals surface area (Å²) >= 11 is 0. The third-order valence-corrected chi connectivity index (χ3v) is 5.70. The fraction of sp³-hybridized carbons (Fsp3) is 0.458. The number of amides is 1. The number of carbonyl (C=O) groups is 1. The normalized spacial score (nSPS) is 15.2. The molecule has 0 saturated carbocycles. The summed E-state index contributed by atoms with van der Waals surface area (Å²) in [6, 6.07) is 13.8. The second-order valence-corrected chi connectivity index (χ2v) is 8.01. The van der Waals surface area contributed by atoms with E-state index in [1.54, 1.807) is 19.1 Å². The Morgan fingerprint density at radius 3 is 2.24 bits per heavy atom. The molecule has 3 rings (SSSR count). The number of carbonyl (C=O) groups excluding carboxylic acids is 1. The van der Waals surface area contributed by atoms with Crippen LogP contribution in [0.2, 0.25) is 0 Å². The Morgan fingerprint density at radius 2 is 1.62 bits per heavy atom. The molecule has 0 unspecified atom stereocenters. The highest BCUT2D eigenvalue weighted by Gasteiger charge is 2.17. The van der Waals surface area contributed by atoms with Crippen LogP contribution in [0.1, 0.15) is 41.3 Å². The molecule has 0 aliphatic carbocycles. The molecular weight excluding hydrogens is 364 g/mol. The Morgan fingerprint density at radius 1 is 1.00 bits per heavy atom. The van der Waals surface area contributed by atoms with Crippen molar-refractivity contribution in [3.63, 3.8) is 0 Å². The third kappa shape index (κ3) is 5.51. The van der Waals surface area contributed by atoms with Crippen molar-refractivity contribution in [3.05, 3.63) is 59.2 Å². The summed E-state index contributed by atoms with van der Waals surface area (Å²) in [6.45, 7) is 6.12. The Balaban J connectivity index is 1.59. The first kappa shape index (κ1) is 21.2. The van der Waals surface area contributed by atoms with E-state index in [4.69, 9.17) is 9.47 Å². The van der Waals surface area contributed by atoms with Crippen LogP contribution in [0.25, 0.3) is 0 Å². The van der Waals surface area contributed by atoms with Crippen LogP contribution in [0.4, 0.5) is 0 Å². The zero-order valence-corrected chi connectivity index (χ0v) is 18.0. The lowest BCUT2D eigenvalue weighted by Crippen LogP contribution is -2.32. The van der Waals surface area contributed by atoms with Gasteiger partial charge in [0.1, 0.15) is 0 Å². The van der Waals surface area contributed by atoms with Crippen molar-refractivity contribution >= 4 is 5.91 Å². The molecule has 0 bridgehead atoms. The number of hydrogen-bond acceptors (Lipinski definition) is 4. The zero-order valence-electron chi connectivity index (χ0n) is 18.0. The summed E-state index contributed by atoms with van der Waals surface area (Å²) in [5.41, 5.74) is 2.97. The molecule has 0 aromatic heterocycles. The lowest BCUT2D eigenvalue weighted by atomic mass is 9.99. The molecule has 29 heavy (non-hydrogen) atoms. The summed E-state index contributed by atoms with van der Waals surface area (Å²) in [4.78, 5) is 17.0. The van der Waals surface area contributed by atoms with Gasteiger partial charge in [0, 0.05) is 25.7 Å². The van der Waals surface area contributed by atoms with Crippen molar-refractivity contribution in [1.29, 1.82) is 0 Å². The van der Waals surface area contributed by atoms with E-state index in [0.29, 0.717) is 23.6 Å². The molecule has 0 radical (unpaired) electrons. The highest BCUT2D eigenvalue weighted by molar-refractivity contribution is 5.94. The minimum Gasteiger partial charge on any atom is -0.493 e. The van der Waals surface area contributed by atoms with Crippen LogP contribution < -0.4 is 9.47 Å². The number of rotatable bonds is 7. The summed E-state index contributed by atoms with van der Waals surface area (Å²) in [5, 5.41) is 0. The fourth-order valence-corrected chi connectivity index (χ4v) is 3.78. The Labute approximate surface area is 174 Å². The number of hydrogen-bond donors (Lipinski definition) is 0. The molecule has 0 N–H and O–H groups in total. The van der Waals surface area contributed by atoms with E-state index in [9.17, 15) is 4.79 Å². The van der Waals surface area contributed by atoms with Gasteiger partial charge >= 0.3 is 0 Å². The SMILES string of the molecule is COc1ccc(CN(C)C(=O)c2ccc(CN3CCC(C)CC3)cc2)cc1OC. The average Bonchev–Trinajstić information content (AvgIpc) is 2.75. The average molecular weight is 397 g/mol. The molecule has 1 heterocycles.